The van der Waals surface area contributed by atoms with Gasteiger partial charge < -0.3 is 0 Å². The van der Waals surface area contributed by atoms with Crippen molar-refractivity contribution in [3.05, 3.63) is 0 Å². The summed E-state index contributed by atoms with van der Waals surface area (Å²) in [6.45, 7) is 25.0. The molecule has 0 saturated carbocycles. The molecule has 0 spiro atoms. The third kappa shape index (κ3) is 153. The summed E-state index contributed by atoms with van der Waals surface area (Å²) in [5.74, 6) is 3.02. The van der Waals surface area contributed by atoms with Gasteiger partial charge in [0.2, 0.25) is 0 Å². The highest BCUT2D eigenvalue weighted by molar-refractivity contribution is 5.77. The van der Waals surface area contributed by atoms with Gasteiger partial charge in [-0.3, -0.25) is 4.79 Å². The van der Waals surface area contributed by atoms with Crippen LogP contribution in [-0.4, -0.2) is 5.78 Å². The third-order valence-electron chi connectivity index (χ3n) is 1.63. The van der Waals surface area contributed by atoms with E-state index >= 15 is 0 Å². The van der Waals surface area contributed by atoms with Crippen LogP contribution in [0.1, 0.15) is 96.9 Å². The van der Waals surface area contributed by atoms with Crippen molar-refractivity contribution >= 4 is 5.78 Å². The lowest BCUT2D eigenvalue weighted by Crippen LogP contribution is -1.98. The van der Waals surface area contributed by atoms with Crippen molar-refractivity contribution in [2.45, 2.75) is 96.9 Å². The van der Waals surface area contributed by atoms with Crippen molar-refractivity contribution in [3.8, 4) is 0 Å². The minimum absolute atomic E-state index is 0. The van der Waals surface area contributed by atoms with Crippen LogP contribution >= 0.6 is 0 Å². The van der Waals surface area contributed by atoms with E-state index in [-0.39, 0.29) is 19.1 Å². The first-order valence-corrected chi connectivity index (χ1v) is 7.88. The summed E-state index contributed by atoms with van der Waals surface area (Å²) >= 11 is 0. The molecule has 0 rings (SSSR count). The van der Waals surface area contributed by atoms with Crippen LogP contribution in [0.2, 0.25) is 0 Å². The minimum Gasteiger partial charge on any atom is -0.300 e. The van der Waals surface area contributed by atoms with Crippen molar-refractivity contribution in [1.82, 2.24) is 0 Å². The molecule has 128 valence electrons. The molecule has 0 aromatic carbocycles. The van der Waals surface area contributed by atoms with Crippen molar-refractivity contribution in [2.24, 2.45) is 23.7 Å². The Bertz CT molecular complexity index is 144. The first-order chi connectivity index (χ1) is 8.38. The fourth-order valence-electron chi connectivity index (χ4n) is 0. The summed E-state index contributed by atoms with van der Waals surface area (Å²) < 4.78 is 0. The molecule has 0 amide bonds. The van der Waals surface area contributed by atoms with Crippen molar-refractivity contribution in [2.75, 3.05) is 0 Å². The lowest BCUT2D eigenvalue weighted by atomic mass is 10.1. The molecule has 0 aromatic rings. The van der Waals surface area contributed by atoms with E-state index < -0.39 is 0 Å². The van der Waals surface area contributed by atoms with Crippen LogP contribution in [0.4, 0.5) is 0 Å². The number of hydrogen-bond acceptors (Lipinski definition) is 1. The van der Waals surface area contributed by atoms with E-state index in [0.29, 0.717) is 0 Å². The second-order valence-electron chi connectivity index (χ2n) is 7.03. The number of carbonyl (C=O) groups excluding carboxylic acids is 1. The van der Waals surface area contributed by atoms with Gasteiger partial charge in [0, 0.05) is 5.92 Å². The molecule has 0 aliphatic rings. The predicted molar refractivity (Wildman–Crippen MR) is 98.4 cm³/mol. The minimum atomic E-state index is 0. The summed E-state index contributed by atoms with van der Waals surface area (Å²) in [7, 11) is 0. The van der Waals surface area contributed by atoms with Crippen LogP contribution in [0, 0.1) is 23.7 Å². The van der Waals surface area contributed by atoms with E-state index in [4.69, 9.17) is 0 Å². The van der Waals surface area contributed by atoms with Gasteiger partial charge in [0.05, 0.1) is 0 Å². The average molecular weight is 291 g/mol. The largest absolute Gasteiger partial charge is 0.300 e. The second kappa shape index (κ2) is 23.7. The van der Waals surface area contributed by atoms with Crippen LogP contribution < -0.4 is 0 Å². The van der Waals surface area contributed by atoms with Gasteiger partial charge in [-0.2, -0.15) is 0 Å². The smallest absolute Gasteiger partial charge is 0.132 e. The first kappa shape index (κ1) is 31.9. The molecule has 0 atom stereocenters. The molecule has 0 fully saturated rings. The summed E-state index contributed by atoms with van der Waals surface area (Å²) in [6.07, 6.45) is 1.31. The summed E-state index contributed by atoms with van der Waals surface area (Å²) in [5.41, 5.74) is 0. The topological polar surface area (TPSA) is 17.1 Å². The van der Waals surface area contributed by atoms with Crippen molar-refractivity contribution < 1.29 is 4.79 Å². The Hall–Kier alpha value is -0.330. The maximum absolute atomic E-state index is 10.1. The van der Waals surface area contributed by atoms with E-state index in [2.05, 4.69) is 62.3 Å². The van der Waals surface area contributed by atoms with E-state index in [1.807, 2.05) is 13.8 Å². The third-order valence-corrected chi connectivity index (χ3v) is 1.63. The molecule has 0 radical (unpaired) electrons. The predicted octanol–water partition coefficient (Wildman–Crippen LogP) is 7.24. The number of hydrogen-bond donors (Lipinski definition) is 0. The Morgan fingerprint density at radius 1 is 0.750 bits per heavy atom. The fourth-order valence-corrected chi connectivity index (χ4v) is 0. The van der Waals surface area contributed by atoms with Gasteiger partial charge >= 0.3 is 0 Å². The van der Waals surface area contributed by atoms with E-state index in [9.17, 15) is 4.79 Å². The van der Waals surface area contributed by atoms with E-state index in [0.717, 1.165) is 17.8 Å². The van der Waals surface area contributed by atoms with E-state index in [1.54, 1.807) is 6.92 Å². The van der Waals surface area contributed by atoms with Gasteiger partial charge in [-0.15, -0.1) is 0 Å². The number of ketones is 1. The molecule has 0 aliphatic heterocycles. The lowest BCUT2D eigenvalue weighted by Gasteiger charge is -1.90. The van der Waals surface area contributed by atoms with Gasteiger partial charge in [-0.25, -0.2) is 0 Å². The first-order valence-electron chi connectivity index (χ1n) is 7.88. The molecule has 0 saturated heterocycles. The standard InChI is InChI=1S/C5H10O.C5H12.2C4H10.CH4/c1-4(2)5(3)6;1-4-5(2)3;2*1-4(2)3;/h4H,1-3H3;5H,4H2,1-3H3;2*4H,1-3H3;1H4. The van der Waals surface area contributed by atoms with E-state index in [1.165, 1.54) is 6.42 Å². The Labute approximate surface area is 131 Å². The number of carbonyl (C=O) groups is 1. The lowest BCUT2D eigenvalue weighted by molar-refractivity contribution is -0.119. The number of rotatable bonds is 2. The Kier molecular flexibility index (Phi) is 37.8. The molecule has 1 nitrogen and oxygen atoms in total. The normalized spacial score (nSPS) is 8.80. The zero-order chi connectivity index (χ0) is 16.6. The van der Waals surface area contributed by atoms with Gasteiger partial charge in [0.15, 0.2) is 0 Å². The zero-order valence-electron chi connectivity index (χ0n) is 15.9. The molecule has 20 heavy (non-hydrogen) atoms. The SMILES string of the molecule is C.CC(=O)C(C)C.CC(C)C.CC(C)C.CCC(C)C. The Morgan fingerprint density at radius 3 is 0.850 bits per heavy atom. The molecule has 0 unspecified atom stereocenters. The maximum Gasteiger partial charge on any atom is 0.132 e. The van der Waals surface area contributed by atoms with Crippen LogP contribution in [0.5, 0.6) is 0 Å². The Morgan fingerprint density at radius 2 is 0.850 bits per heavy atom. The molecular weight excluding hydrogens is 244 g/mol. The highest BCUT2D eigenvalue weighted by Crippen LogP contribution is 1.93. The van der Waals surface area contributed by atoms with Crippen LogP contribution in [-0.2, 0) is 4.79 Å². The average Bonchev–Trinajstić information content (AvgIpc) is 2.16. The highest BCUT2D eigenvalue weighted by atomic mass is 16.1. The Balaban J connectivity index is -0.0000000499. The van der Waals surface area contributed by atoms with Crippen LogP contribution in [0.25, 0.3) is 0 Å². The molecule has 0 N–H and O–H groups in total. The van der Waals surface area contributed by atoms with Gasteiger partial charge in [-0.05, 0) is 24.7 Å². The fraction of sp³-hybridized carbons (Fsp3) is 0.947. The molecule has 0 heterocycles. The van der Waals surface area contributed by atoms with Crippen LogP contribution in [0.15, 0.2) is 0 Å². The second-order valence-corrected chi connectivity index (χ2v) is 7.03. The van der Waals surface area contributed by atoms with Gasteiger partial charge in [0.1, 0.15) is 5.78 Å². The molecular formula is C19H46O. The number of Topliss-reactive ketones (excluding diaryl/α,β-unsaturated/α-hetero) is 1. The highest BCUT2D eigenvalue weighted by Gasteiger charge is 1.95. The summed E-state index contributed by atoms with van der Waals surface area (Å²) in [4.78, 5) is 10.1. The molecule has 0 aromatic heterocycles. The monoisotopic (exact) mass is 290 g/mol. The summed E-state index contributed by atoms with van der Waals surface area (Å²) in [6, 6.07) is 0. The zero-order valence-corrected chi connectivity index (χ0v) is 15.9. The maximum atomic E-state index is 10.1. The van der Waals surface area contributed by atoms with Crippen molar-refractivity contribution in [3.63, 3.8) is 0 Å². The molecule has 0 aliphatic carbocycles. The van der Waals surface area contributed by atoms with Gasteiger partial charge in [0.25, 0.3) is 0 Å². The quantitative estimate of drug-likeness (QED) is 0.523. The molecule has 1 heteroatoms. The molecule has 0 bridgehead atoms. The van der Waals surface area contributed by atoms with Crippen molar-refractivity contribution in [1.29, 1.82) is 0 Å². The van der Waals surface area contributed by atoms with Crippen LogP contribution in [0.3, 0.4) is 0 Å². The van der Waals surface area contributed by atoms with Gasteiger partial charge in [-0.1, -0.05) is 90.0 Å². The summed E-state index contributed by atoms with van der Waals surface area (Å²) in [5, 5.41) is 0.